The highest BCUT2D eigenvalue weighted by Crippen LogP contribution is 2.11. The zero-order chi connectivity index (χ0) is 12.8. The van der Waals surface area contributed by atoms with E-state index >= 15 is 0 Å². The minimum atomic E-state index is -0.704. The highest BCUT2D eigenvalue weighted by atomic mass is 16.7. The number of nitrogens with two attached hydrogens (primary N) is 1. The van der Waals surface area contributed by atoms with Crippen molar-refractivity contribution < 1.29 is 9.63 Å². The second-order valence-corrected chi connectivity index (χ2v) is 3.58. The second kappa shape index (κ2) is 5.79. The molecule has 2 aromatic rings. The van der Waals surface area contributed by atoms with Crippen LogP contribution in [0.25, 0.3) is 0 Å². The molecule has 1 aromatic heterocycles. The largest absolute Gasteiger partial charge is 0.349 e. The lowest BCUT2D eigenvalue weighted by Gasteiger charge is -2.18. The number of hydrogen-bond acceptors (Lipinski definition) is 3. The van der Waals surface area contributed by atoms with Crippen molar-refractivity contribution >= 4 is 11.8 Å². The standard InChI is InChI=1S/C13H13N3O2/c14-13(17)16(12-8-4-5-9-15-12)18-10-11-6-2-1-3-7-11/h1-9H,10H2,(H2,14,17). The van der Waals surface area contributed by atoms with Gasteiger partial charge >= 0.3 is 6.03 Å². The lowest BCUT2D eigenvalue weighted by atomic mass is 10.2. The monoisotopic (exact) mass is 243 g/mol. The number of benzene rings is 1. The SMILES string of the molecule is NC(=O)N(OCc1ccccc1)c1ccccn1. The van der Waals surface area contributed by atoms with Gasteiger partial charge in [0.05, 0.1) is 0 Å². The minimum Gasteiger partial charge on any atom is -0.349 e. The Bertz CT molecular complexity index is 502. The van der Waals surface area contributed by atoms with Crippen LogP contribution in [0.1, 0.15) is 5.56 Å². The van der Waals surface area contributed by atoms with E-state index in [4.69, 9.17) is 10.6 Å². The Morgan fingerprint density at radius 3 is 2.50 bits per heavy atom. The van der Waals surface area contributed by atoms with Crippen molar-refractivity contribution in [2.24, 2.45) is 5.73 Å². The Morgan fingerprint density at radius 2 is 1.89 bits per heavy atom. The van der Waals surface area contributed by atoms with E-state index in [1.807, 2.05) is 30.3 Å². The Morgan fingerprint density at radius 1 is 1.17 bits per heavy atom. The molecule has 0 fully saturated rings. The van der Waals surface area contributed by atoms with E-state index in [0.29, 0.717) is 5.82 Å². The van der Waals surface area contributed by atoms with Crippen LogP contribution in [0, 0.1) is 0 Å². The van der Waals surface area contributed by atoms with Crippen LogP contribution >= 0.6 is 0 Å². The van der Waals surface area contributed by atoms with Gasteiger partial charge in [-0.2, -0.15) is 5.06 Å². The molecule has 5 heteroatoms. The molecule has 5 nitrogen and oxygen atoms in total. The van der Waals surface area contributed by atoms with E-state index in [1.54, 1.807) is 24.4 Å². The minimum absolute atomic E-state index is 0.250. The summed E-state index contributed by atoms with van der Waals surface area (Å²) in [7, 11) is 0. The van der Waals surface area contributed by atoms with Crippen LogP contribution in [0.15, 0.2) is 54.7 Å². The summed E-state index contributed by atoms with van der Waals surface area (Å²) in [5.41, 5.74) is 6.20. The van der Waals surface area contributed by atoms with Crippen molar-refractivity contribution in [1.82, 2.24) is 4.98 Å². The summed E-state index contributed by atoms with van der Waals surface area (Å²) < 4.78 is 0. The fourth-order valence-electron chi connectivity index (χ4n) is 1.43. The third kappa shape index (κ3) is 3.05. The quantitative estimate of drug-likeness (QED) is 0.836. The number of hydrogen-bond donors (Lipinski definition) is 1. The van der Waals surface area contributed by atoms with Gasteiger partial charge < -0.3 is 5.73 Å². The van der Waals surface area contributed by atoms with Gasteiger partial charge in [-0.25, -0.2) is 9.78 Å². The molecule has 1 heterocycles. The van der Waals surface area contributed by atoms with Gasteiger partial charge in [-0.3, -0.25) is 4.84 Å². The zero-order valence-corrected chi connectivity index (χ0v) is 9.69. The third-order valence-electron chi connectivity index (χ3n) is 2.26. The first-order valence-corrected chi connectivity index (χ1v) is 5.45. The van der Waals surface area contributed by atoms with Gasteiger partial charge in [0.1, 0.15) is 6.61 Å². The number of aromatic nitrogens is 1. The summed E-state index contributed by atoms with van der Waals surface area (Å²) in [6, 6.07) is 14.0. The van der Waals surface area contributed by atoms with Crippen LogP contribution in [-0.4, -0.2) is 11.0 Å². The molecule has 0 aliphatic rings. The van der Waals surface area contributed by atoms with E-state index in [2.05, 4.69) is 4.98 Å². The van der Waals surface area contributed by atoms with Gasteiger partial charge in [0.15, 0.2) is 5.82 Å². The predicted octanol–water partition coefficient (Wildman–Crippen LogP) is 2.10. The fourth-order valence-corrected chi connectivity index (χ4v) is 1.43. The molecule has 0 atom stereocenters. The van der Waals surface area contributed by atoms with Gasteiger partial charge in [-0.15, -0.1) is 0 Å². The number of urea groups is 1. The topological polar surface area (TPSA) is 68.5 Å². The first-order valence-electron chi connectivity index (χ1n) is 5.45. The van der Waals surface area contributed by atoms with Crippen LogP contribution in [-0.2, 0) is 11.4 Å². The molecule has 92 valence electrons. The molecule has 2 rings (SSSR count). The molecule has 0 aliphatic carbocycles. The molecule has 2 amide bonds. The number of primary amides is 1. The van der Waals surface area contributed by atoms with Gasteiger partial charge in [-0.1, -0.05) is 36.4 Å². The number of hydroxylamine groups is 1. The fraction of sp³-hybridized carbons (Fsp3) is 0.0769. The molecular formula is C13H13N3O2. The lowest BCUT2D eigenvalue weighted by molar-refractivity contribution is 0.107. The molecule has 1 aromatic carbocycles. The summed E-state index contributed by atoms with van der Waals surface area (Å²) in [4.78, 5) is 20.7. The van der Waals surface area contributed by atoms with E-state index in [9.17, 15) is 4.79 Å². The maximum absolute atomic E-state index is 11.3. The number of anilines is 1. The van der Waals surface area contributed by atoms with Crippen molar-refractivity contribution in [2.45, 2.75) is 6.61 Å². The van der Waals surface area contributed by atoms with Crippen molar-refractivity contribution in [1.29, 1.82) is 0 Å². The summed E-state index contributed by atoms with van der Waals surface area (Å²) >= 11 is 0. The molecule has 0 radical (unpaired) electrons. The van der Waals surface area contributed by atoms with Gasteiger partial charge in [0.2, 0.25) is 0 Å². The molecule has 0 saturated heterocycles. The Hall–Kier alpha value is -2.40. The third-order valence-corrected chi connectivity index (χ3v) is 2.26. The average Bonchev–Trinajstić information content (AvgIpc) is 2.41. The molecular weight excluding hydrogens is 230 g/mol. The van der Waals surface area contributed by atoms with Crippen LogP contribution in [0.2, 0.25) is 0 Å². The molecule has 18 heavy (non-hydrogen) atoms. The van der Waals surface area contributed by atoms with Gasteiger partial charge in [-0.05, 0) is 17.7 Å². The van der Waals surface area contributed by atoms with Crippen molar-refractivity contribution in [3.63, 3.8) is 0 Å². The normalized spacial score (nSPS) is 10.0. The lowest BCUT2D eigenvalue weighted by Crippen LogP contribution is -2.36. The first-order chi connectivity index (χ1) is 8.77. The molecule has 0 bridgehead atoms. The van der Waals surface area contributed by atoms with Crippen LogP contribution in [0.3, 0.4) is 0 Å². The number of nitrogens with zero attached hydrogens (tertiary/aromatic N) is 2. The Kier molecular flexibility index (Phi) is 3.88. The summed E-state index contributed by atoms with van der Waals surface area (Å²) in [5.74, 6) is 0.362. The summed E-state index contributed by atoms with van der Waals surface area (Å²) in [6.07, 6.45) is 1.57. The van der Waals surface area contributed by atoms with Gasteiger partial charge in [0, 0.05) is 6.20 Å². The number of carbonyl (C=O) groups excluding carboxylic acids is 1. The van der Waals surface area contributed by atoms with E-state index < -0.39 is 6.03 Å². The number of rotatable bonds is 4. The van der Waals surface area contributed by atoms with Crippen molar-refractivity contribution in [3.8, 4) is 0 Å². The Balaban J connectivity index is 2.06. The molecule has 0 spiro atoms. The van der Waals surface area contributed by atoms with E-state index in [0.717, 1.165) is 10.6 Å². The molecule has 0 aliphatic heterocycles. The molecule has 2 N–H and O–H groups in total. The predicted molar refractivity (Wildman–Crippen MR) is 67.5 cm³/mol. The summed E-state index contributed by atoms with van der Waals surface area (Å²) in [6.45, 7) is 0.250. The van der Waals surface area contributed by atoms with Crippen LogP contribution in [0.4, 0.5) is 10.6 Å². The van der Waals surface area contributed by atoms with Crippen molar-refractivity contribution in [2.75, 3.05) is 5.06 Å². The highest BCUT2D eigenvalue weighted by molar-refractivity contribution is 5.87. The average molecular weight is 243 g/mol. The van der Waals surface area contributed by atoms with Gasteiger partial charge in [0.25, 0.3) is 0 Å². The smallest absolute Gasteiger partial charge is 0.345 e. The van der Waals surface area contributed by atoms with Crippen molar-refractivity contribution in [3.05, 3.63) is 60.3 Å². The maximum atomic E-state index is 11.3. The van der Waals surface area contributed by atoms with E-state index in [1.165, 1.54) is 0 Å². The Labute approximate surface area is 105 Å². The first kappa shape index (κ1) is 12.1. The summed E-state index contributed by atoms with van der Waals surface area (Å²) in [5, 5.41) is 0.979. The van der Waals surface area contributed by atoms with Crippen LogP contribution < -0.4 is 10.8 Å². The highest BCUT2D eigenvalue weighted by Gasteiger charge is 2.14. The van der Waals surface area contributed by atoms with Crippen LogP contribution in [0.5, 0.6) is 0 Å². The molecule has 0 unspecified atom stereocenters. The number of carbonyl (C=O) groups is 1. The second-order valence-electron chi connectivity index (χ2n) is 3.58. The van der Waals surface area contributed by atoms with E-state index in [-0.39, 0.29) is 6.61 Å². The number of pyridine rings is 1. The zero-order valence-electron chi connectivity index (χ0n) is 9.69. The number of amides is 2. The molecule has 0 saturated carbocycles. The maximum Gasteiger partial charge on any atom is 0.345 e.